The summed E-state index contributed by atoms with van der Waals surface area (Å²) in [7, 11) is 0. The number of nitrogens with one attached hydrogen (secondary N) is 1. The Balaban J connectivity index is 1.69. The molecule has 3 rings (SSSR count). The summed E-state index contributed by atoms with van der Waals surface area (Å²) in [6.07, 6.45) is 0. The highest BCUT2D eigenvalue weighted by atomic mass is 19.3. The van der Waals surface area contributed by atoms with Crippen LogP contribution in [0.2, 0.25) is 0 Å². The third-order valence-corrected chi connectivity index (χ3v) is 4.86. The quantitative estimate of drug-likeness (QED) is 0.563. The SMILES string of the molecule is C[C@@H]([NH2+]CC(=O)N[C@H](c1ccccc1)c1ccc(OC(F)F)cc1)c1ccccc1. The molecular formula is C24H25F2N2O2+. The molecule has 0 spiro atoms. The van der Waals surface area contributed by atoms with Gasteiger partial charge in [-0.05, 0) is 30.2 Å². The molecular weight excluding hydrogens is 386 g/mol. The summed E-state index contributed by atoms with van der Waals surface area (Å²) in [5.41, 5.74) is 2.84. The van der Waals surface area contributed by atoms with Gasteiger partial charge in [-0.25, -0.2) is 0 Å². The third-order valence-electron chi connectivity index (χ3n) is 4.86. The first kappa shape index (κ1) is 21.5. The fraction of sp³-hybridized carbons (Fsp3) is 0.208. The van der Waals surface area contributed by atoms with Gasteiger partial charge in [-0.15, -0.1) is 0 Å². The van der Waals surface area contributed by atoms with Crippen molar-refractivity contribution in [2.24, 2.45) is 0 Å². The average molecular weight is 411 g/mol. The van der Waals surface area contributed by atoms with Gasteiger partial charge in [0.05, 0.1) is 6.04 Å². The number of carbonyl (C=O) groups excluding carboxylic acids is 1. The molecule has 0 aromatic heterocycles. The lowest BCUT2D eigenvalue weighted by Gasteiger charge is -2.20. The van der Waals surface area contributed by atoms with Crippen molar-refractivity contribution in [2.45, 2.75) is 25.6 Å². The lowest BCUT2D eigenvalue weighted by molar-refractivity contribution is -0.682. The number of nitrogens with two attached hydrogens (primary N) is 1. The number of hydrogen-bond acceptors (Lipinski definition) is 2. The van der Waals surface area contributed by atoms with Gasteiger partial charge in [-0.1, -0.05) is 72.8 Å². The zero-order valence-corrected chi connectivity index (χ0v) is 16.7. The fourth-order valence-electron chi connectivity index (χ4n) is 3.24. The van der Waals surface area contributed by atoms with Crippen LogP contribution in [0.1, 0.15) is 35.7 Å². The van der Waals surface area contributed by atoms with E-state index >= 15 is 0 Å². The lowest BCUT2D eigenvalue weighted by atomic mass is 9.98. The number of halogens is 2. The zero-order chi connectivity index (χ0) is 21.3. The Bertz CT molecular complexity index is 919. The number of hydrogen-bond donors (Lipinski definition) is 2. The molecule has 0 fully saturated rings. The Morgan fingerprint density at radius 3 is 1.97 bits per heavy atom. The summed E-state index contributed by atoms with van der Waals surface area (Å²) in [5.74, 6) is -0.0311. The van der Waals surface area contributed by atoms with E-state index in [0.29, 0.717) is 0 Å². The zero-order valence-electron chi connectivity index (χ0n) is 16.7. The van der Waals surface area contributed by atoms with Gasteiger partial charge in [0, 0.05) is 5.56 Å². The maximum absolute atomic E-state index is 12.7. The van der Waals surface area contributed by atoms with E-state index in [-0.39, 0.29) is 30.3 Å². The summed E-state index contributed by atoms with van der Waals surface area (Å²) in [4.78, 5) is 12.7. The van der Waals surface area contributed by atoms with Crippen molar-refractivity contribution in [3.63, 3.8) is 0 Å². The third kappa shape index (κ3) is 6.12. The first-order valence-corrected chi connectivity index (χ1v) is 9.80. The number of carbonyl (C=O) groups is 1. The number of amides is 1. The van der Waals surface area contributed by atoms with E-state index in [2.05, 4.69) is 17.0 Å². The second-order valence-corrected chi connectivity index (χ2v) is 7.00. The summed E-state index contributed by atoms with van der Waals surface area (Å²) in [6.45, 7) is -0.548. The van der Waals surface area contributed by atoms with Crippen LogP contribution in [-0.2, 0) is 4.79 Å². The maximum Gasteiger partial charge on any atom is 0.387 e. The molecule has 0 bridgehead atoms. The van der Waals surface area contributed by atoms with E-state index in [0.717, 1.165) is 16.7 Å². The predicted molar refractivity (Wildman–Crippen MR) is 111 cm³/mol. The largest absolute Gasteiger partial charge is 0.435 e. The number of ether oxygens (including phenoxy) is 1. The molecule has 3 aromatic rings. The minimum Gasteiger partial charge on any atom is -0.435 e. The minimum absolute atomic E-state index is 0.0805. The molecule has 6 heteroatoms. The molecule has 4 nitrogen and oxygen atoms in total. The number of quaternary nitrogens is 1. The van der Waals surface area contributed by atoms with Crippen LogP contribution in [0.3, 0.4) is 0 Å². The van der Waals surface area contributed by atoms with E-state index in [1.54, 1.807) is 12.1 Å². The van der Waals surface area contributed by atoms with E-state index in [1.807, 2.05) is 66.0 Å². The Morgan fingerprint density at radius 2 is 1.40 bits per heavy atom. The molecule has 0 saturated heterocycles. The van der Waals surface area contributed by atoms with Crippen LogP contribution in [0.4, 0.5) is 8.78 Å². The van der Waals surface area contributed by atoms with Crippen LogP contribution < -0.4 is 15.4 Å². The van der Waals surface area contributed by atoms with Crippen LogP contribution in [0.25, 0.3) is 0 Å². The van der Waals surface area contributed by atoms with E-state index < -0.39 is 6.61 Å². The van der Waals surface area contributed by atoms with Crippen LogP contribution in [0.5, 0.6) is 5.75 Å². The highest BCUT2D eigenvalue weighted by molar-refractivity contribution is 5.77. The Hall–Kier alpha value is -3.25. The molecule has 0 radical (unpaired) electrons. The molecule has 156 valence electrons. The van der Waals surface area contributed by atoms with Crippen LogP contribution >= 0.6 is 0 Å². The van der Waals surface area contributed by atoms with Crippen molar-refractivity contribution < 1.29 is 23.6 Å². The summed E-state index contributed by atoms with van der Waals surface area (Å²) in [5, 5.41) is 5.04. The fourth-order valence-corrected chi connectivity index (χ4v) is 3.24. The van der Waals surface area contributed by atoms with E-state index in [4.69, 9.17) is 0 Å². The van der Waals surface area contributed by atoms with Crippen LogP contribution in [0, 0.1) is 0 Å². The summed E-state index contributed by atoms with van der Waals surface area (Å²) < 4.78 is 29.2. The Morgan fingerprint density at radius 1 is 0.867 bits per heavy atom. The van der Waals surface area contributed by atoms with Gasteiger partial charge in [0.25, 0.3) is 5.91 Å². The highest BCUT2D eigenvalue weighted by Crippen LogP contribution is 2.24. The van der Waals surface area contributed by atoms with Crippen molar-refractivity contribution in [1.82, 2.24) is 5.32 Å². The lowest BCUT2D eigenvalue weighted by Crippen LogP contribution is -2.87. The number of rotatable bonds is 9. The van der Waals surface area contributed by atoms with Gasteiger partial charge in [0.1, 0.15) is 11.8 Å². The van der Waals surface area contributed by atoms with Gasteiger partial charge in [0.15, 0.2) is 6.54 Å². The molecule has 3 N–H and O–H groups in total. The molecule has 0 saturated carbocycles. The standard InChI is InChI=1S/C24H24F2N2O2/c1-17(18-8-4-2-5-9-18)27-16-22(29)28-23(19-10-6-3-7-11-19)20-12-14-21(15-13-20)30-24(25)26/h2-15,17,23-24,27H,16H2,1H3,(H,28,29)/p+1/t17-,23-/m1/s1. The summed E-state index contributed by atoms with van der Waals surface area (Å²) in [6, 6.07) is 25.6. The predicted octanol–water partition coefficient (Wildman–Crippen LogP) is 3.82. The second-order valence-electron chi connectivity index (χ2n) is 7.00. The average Bonchev–Trinajstić information content (AvgIpc) is 2.77. The summed E-state index contributed by atoms with van der Waals surface area (Å²) >= 11 is 0. The number of benzene rings is 3. The molecule has 1 amide bonds. The van der Waals surface area contributed by atoms with Crippen molar-refractivity contribution in [3.8, 4) is 5.75 Å². The topological polar surface area (TPSA) is 54.9 Å². The van der Waals surface area contributed by atoms with Gasteiger partial charge in [-0.2, -0.15) is 8.78 Å². The van der Waals surface area contributed by atoms with Crippen LogP contribution in [-0.4, -0.2) is 19.1 Å². The van der Waals surface area contributed by atoms with Crippen molar-refractivity contribution in [1.29, 1.82) is 0 Å². The molecule has 0 aliphatic heterocycles. The normalized spacial score (nSPS) is 12.9. The Labute approximate surface area is 174 Å². The van der Waals surface area contributed by atoms with Gasteiger partial charge in [-0.3, -0.25) is 4.79 Å². The molecule has 3 aromatic carbocycles. The van der Waals surface area contributed by atoms with Gasteiger partial charge < -0.3 is 15.4 Å². The monoisotopic (exact) mass is 411 g/mol. The minimum atomic E-state index is -2.87. The second kappa shape index (κ2) is 10.5. The molecule has 0 heterocycles. The van der Waals surface area contributed by atoms with Crippen molar-refractivity contribution >= 4 is 5.91 Å². The molecule has 2 atom stereocenters. The van der Waals surface area contributed by atoms with Crippen LogP contribution in [0.15, 0.2) is 84.9 Å². The molecule has 0 unspecified atom stereocenters. The first-order valence-electron chi connectivity index (χ1n) is 9.80. The van der Waals surface area contributed by atoms with E-state index in [1.165, 1.54) is 12.1 Å². The van der Waals surface area contributed by atoms with Gasteiger partial charge >= 0.3 is 6.61 Å². The Kier molecular flexibility index (Phi) is 7.51. The molecule has 30 heavy (non-hydrogen) atoms. The van der Waals surface area contributed by atoms with Crippen molar-refractivity contribution in [2.75, 3.05) is 6.54 Å². The maximum atomic E-state index is 12.7. The molecule has 0 aliphatic rings. The van der Waals surface area contributed by atoms with E-state index in [9.17, 15) is 13.6 Å². The molecule has 0 aliphatic carbocycles. The first-order chi connectivity index (χ1) is 14.5. The number of alkyl halides is 2. The van der Waals surface area contributed by atoms with Crippen molar-refractivity contribution in [3.05, 3.63) is 102 Å². The smallest absolute Gasteiger partial charge is 0.387 e. The van der Waals surface area contributed by atoms with Gasteiger partial charge in [0.2, 0.25) is 0 Å². The highest BCUT2D eigenvalue weighted by Gasteiger charge is 2.19.